The number of hydrogen-bond acceptors (Lipinski definition) is 9. The number of benzene rings is 1. The Kier molecular flexibility index (Phi) is 12.1. The van der Waals surface area contributed by atoms with Gasteiger partial charge in [0.25, 0.3) is 5.91 Å². The van der Waals surface area contributed by atoms with Gasteiger partial charge in [0.05, 0.1) is 6.10 Å². The van der Waals surface area contributed by atoms with Crippen molar-refractivity contribution in [3.63, 3.8) is 0 Å². The van der Waals surface area contributed by atoms with E-state index in [-0.39, 0.29) is 99.4 Å². The quantitative estimate of drug-likeness (QED) is 0.268. The summed E-state index contributed by atoms with van der Waals surface area (Å²) in [6.45, 7) is 10.2. The Labute approximate surface area is 285 Å². The Morgan fingerprint density at radius 3 is 2.29 bits per heavy atom. The molecule has 0 heterocycles. The minimum absolute atomic E-state index is 0. The van der Waals surface area contributed by atoms with E-state index < -0.39 is 42.9 Å². The maximum Gasteiger partial charge on any atom is 1.00 e. The van der Waals surface area contributed by atoms with Gasteiger partial charge in [-0.2, -0.15) is 0 Å². The number of alkyl carbamates (subject to hydrolysis) is 1. The van der Waals surface area contributed by atoms with E-state index in [0.29, 0.717) is 25.7 Å². The number of ketones is 1. The number of phosphoric acid groups is 1. The second kappa shape index (κ2) is 13.4. The second-order valence-corrected chi connectivity index (χ2v) is 13.4. The smallest absolute Gasteiger partial charge is 0.780 e. The number of carbonyl (C=O) groups is 3. The van der Waals surface area contributed by atoms with Crippen LogP contribution in [0.1, 0.15) is 83.5 Å². The van der Waals surface area contributed by atoms with E-state index >= 15 is 0 Å². The second-order valence-electron chi connectivity index (χ2n) is 12.3. The summed E-state index contributed by atoms with van der Waals surface area (Å²) >= 11 is 0. The Morgan fingerprint density at radius 2 is 1.73 bits per heavy atom. The fourth-order valence-electron chi connectivity index (χ4n) is 7.83. The molecule has 1 aromatic carbocycles. The first kappa shape index (κ1) is 36.9. The Morgan fingerprint density at radius 1 is 1.12 bits per heavy atom. The van der Waals surface area contributed by atoms with E-state index in [1.165, 1.54) is 12.1 Å². The van der Waals surface area contributed by atoms with Gasteiger partial charge in [-0.25, -0.2) is 4.79 Å². The van der Waals surface area contributed by atoms with E-state index in [4.69, 9.17) is 4.74 Å². The molecule has 0 radical (unpaired) electrons. The van der Waals surface area contributed by atoms with Crippen molar-refractivity contribution in [1.82, 2.24) is 5.32 Å². The first-order valence-electron chi connectivity index (χ1n) is 13.6. The van der Waals surface area contributed by atoms with Gasteiger partial charge in [-0.1, -0.05) is 34.6 Å². The monoisotopic (exact) mass is 609 g/mol. The van der Waals surface area contributed by atoms with Gasteiger partial charge in [0.2, 0.25) is 0 Å². The molecule has 2 bridgehead atoms. The molecule has 1 aromatic rings. The zero-order chi connectivity index (χ0) is 29.0. The number of aliphatic hydroxyl groups excluding tert-OH is 1. The van der Waals surface area contributed by atoms with Crippen molar-refractivity contribution < 1.29 is 102 Å². The van der Waals surface area contributed by atoms with Gasteiger partial charge < -0.3 is 28.7 Å². The number of hydrogen-bond donors (Lipinski definition) is 2. The van der Waals surface area contributed by atoms with Gasteiger partial charge in [-0.05, 0) is 79.0 Å². The molecule has 0 spiro atoms. The van der Waals surface area contributed by atoms with Crippen LogP contribution >= 0.6 is 7.82 Å². The zero-order valence-corrected chi connectivity index (χ0v) is 30.0. The summed E-state index contributed by atoms with van der Waals surface area (Å²) in [5.41, 5.74) is -1.60. The molecule has 0 aromatic heterocycles. The molecule has 3 aliphatic carbocycles. The van der Waals surface area contributed by atoms with E-state index in [2.05, 4.69) is 23.7 Å². The van der Waals surface area contributed by atoms with Gasteiger partial charge in [0, 0.05) is 23.3 Å². The number of ether oxygens (including phenoxy) is 1. The topological polar surface area (TPSA) is 165 Å². The molecular weight excluding hydrogens is 571 g/mol. The molecule has 3 fully saturated rings. The summed E-state index contributed by atoms with van der Waals surface area (Å²) in [6, 6.07) is 4.68. The number of phosphoric ester groups is 1. The molecule has 13 heteroatoms. The normalized spacial score (nSPS) is 36.4. The number of amides is 2. The van der Waals surface area contributed by atoms with Crippen molar-refractivity contribution in [1.29, 1.82) is 0 Å². The number of rotatable bonds is 5. The van der Waals surface area contributed by atoms with Crippen LogP contribution in [-0.2, 0) is 14.1 Å². The molecule has 216 valence electrons. The third-order valence-electron chi connectivity index (χ3n) is 10.5. The molecule has 10 nitrogen and oxygen atoms in total. The van der Waals surface area contributed by atoms with Gasteiger partial charge in [-0.15, -0.1) is 0 Å². The van der Waals surface area contributed by atoms with Crippen LogP contribution in [0.3, 0.4) is 0 Å². The van der Waals surface area contributed by atoms with Crippen molar-refractivity contribution in [3.05, 3.63) is 29.8 Å². The molecule has 3 saturated carbocycles. The Balaban J connectivity index is 0.00000294. The number of carbonyl (C=O) groups excluding carboxylic acids is 3. The fourth-order valence-corrected chi connectivity index (χ4v) is 8.21. The van der Waals surface area contributed by atoms with E-state index in [9.17, 15) is 33.8 Å². The number of nitrogens with one attached hydrogen (secondary N) is 1. The van der Waals surface area contributed by atoms with Crippen molar-refractivity contribution >= 4 is 25.6 Å². The molecule has 8 atom stereocenters. The molecule has 2 N–H and O–H groups in total. The van der Waals surface area contributed by atoms with E-state index in [0.717, 1.165) is 25.0 Å². The maximum atomic E-state index is 13.5. The SMILES string of the molecule is CC[C@]1(C)C[C@@H](OC(=O)NC(=O)c2ccc(OP(=O)([O-])[O-])cc2)[C@]2(C)C(C)CC[C@]3(CCC(=O)C32)[C@@H](C)[C@@H]1O.[Na+].[Na+]. The number of Topliss-reactive ketones (excluding diaryl/α,β-unsaturated/α-hetero) is 1. The predicted octanol–water partition coefficient (Wildman–Crippen LogP) is -2.64. The van der Waals surface area contributed by atoms with Crippen LogP contribution in [0.5, 0.6) is 5.75 Å². The van der Waals surface area contributed by atoms with Crippen LogP contribution in [-0.4, -0.2) is 35.1 Å². The van der Waals surface area contributed by atoms with Crippen molar-refractivity contribution in [2.24, 2.45) is 34.0 Å². The summed E-state index contributed by atoms with van der Waals surface area (Å²) in [7, 11) is -5.25. The average molecular weight is 610 g/mol. The summed E-state index contributed by atoms with van der Waals surface area (Å²) in [6.07, 6.45) is 1.44. The molecule has 0 saturated heterocycles. The summed E-state index contributed by atoms with van der Waals surface area (Å²) in [5, 5.41) is 13.9. The summed E-state index contributed by atoms with van der Waals surface area (Å²) in [4.78, 5) is 60.9. The van der Waals surface area contributed by atoms with Crippen LogP contribution < -0.4 is 78.7 Å². The third-order valence-corrected chi connectivity index (χ3v) is 10.9. The molecule has 41 heavy (non-hydrogen) atoms. The van der Waals surface area contributed by atoms with Crippen LogP contribution in [0.25, 0.3) is 0 Å². The number of aliphatic hydroxyl groups is 1. The van der Waals surface area contributed by atoms with Gasteiger partial charge in [0.1, 0.15) is 25.5 Å². The van der Waals surface area contributed by atoms with Gasteiger partial charge in [-0.3, -0.25) is 14.9 Å². The molecule has 2 unspecified atom stereocenters. The zero-order valence-electron chi connectivity index (χ0n) is 25.1. The molecule has 3 aliphatic rings. The van der Waals surface area contributed by atoms with Gasteiger partial charge in [0.15, 0.2) is 0 Å². The maximum absolute atomic E-state index is 13.5. The Bertz CT molecular complexity index is 1190. The van der Waals surface area contributed by atoms with Crippen molar-refractivity contribution in [2.45, 2.75) is 85.4 Å². The standard InChI is InChI=1S/C28H40NO9P.2Na/c1-6-26(4)15-21(37-25(33)29-24(32)18-7-9-19(10-8-18)38-39(34,35)36)27(5)16(2)11-13-28(17(3)23(26)31)14-12-20(30)22(27)28;;/h7-10,16-17,21-23,31H,6,11-15H2,1-5H3,(H,29,32,33)(H2,34,35,36);;/q;2*+1/p-2/t16?,17-,21+,22?,23-,26+,27-,28-;;/m0../s1. The first-order chi connectivity index (χ1) is 18.1. The van der Waals surface area contributed by atoms with Gasteiger partial charge >= 0.3 is 65.2 Å². The summed E-state index contributed by atoms with van der Waals surface area (Å²) < 4.78 is 21.1. The summed E-state index contributed by atoms with van der Waals surface area (Å²) in [5.74, 6) is -1.28. The van der Waals surface area contributed by atoms with Crippen LogP contribution in [0.4, 0.5) is 4.79 Å². The molecule has 0 aliphatic heterocycles. The molecule has 4 rings (SSSR count). The average Bonchev–Trinajstić information content (AvgIpc) is 3.22. The van der Waals surface area contributed by atoms with Crippen molar-refractivity contribution in [3.8, 4) is 5.75 Å². The minimum atomic E-state index is -5.25. The predicted molar refractivity (Wildman–Crippen MR) is 137 cm³/mol. The van der Waals surface area contributed by atoms with Crippen molar-refractivity contribution in [2.75, 3.05) is 0 Å². The first-order valence-corrected chi connectivity index (χ1v) is 15.1. The van der Waals surface area contributed by atoms with Crippen LogP contribution in [0, 0.1) is 34.0 Å². The van der Waals surface area contributed by atoms with Crippen LogP contribution in [0.2, 0.25) is 0 Å². The largest absolute Gasteiger partial charge is 1.00 e. The molecular formula is C28H38NNa2O9P. The number of imide groups is 1. The fraction of sp³-hybridized carbons (Fsp3) is 0.679. The molecule has 2 amide bonds. The van der Waals surface area contributed by atoms with E-state index in [1.807, 2.05) is 20.8 Å². The minimum Gasteiger partial charge on any atom is -0.780 e. The Hall–Kier alpha value is -0.260. The van der Waals surface area contributed by atoms with Crippen LogP contribution in [0.15, 0.2) is 24.3 Å². The van der Waals surface area contributed by atoms with E-state index in [1.54, 1.807) is 0 Å². The third kappa shape index (κ3) is 6.87.